The maximum Gasteiger partial charge on any atom is 0.457 e. The second-order valence-electron chi connectivity index (χ2n) is 3.36. The maximum absolute atomic E-state index is 13.1. The van der Waals surface area contributed by atoms with Crippen LogP contribution in [0.25, 0.3) is 0 Å². The van der Waals surface area contributed by atoms with E-state index in [9.17, 15) is 61.5 Å². The van der Waals surface area contributed by atoms with Crippen molar-refractivity contribution >= 4 is 0 Å². The van der Waals surface area contributed by atoms with E-state index in [4.69, 9.17) is 0 Å². The van der Waals surface area contributed by atoms with Crippen molar-refractivity contribution in [1.82, 2.24) is 0 Å². The quantitative estimate of drug-likeness (QED) is 0.603. The molecule has 0 aliphatic carbocycles. The molecule has 0 heterocycles. The van der Waals surface area contributed by atoms with Gasteiger partial charge in [0.25, 0.3) is 6.08 Å². The van der Waals surface area contributed by atoms with Crippen LogP contribution in [-0.4, -0.2) is 30.1 Å². The van der Waals surface area contributed by atoms with E-state index >= 15 is 0 Å². The van der Waals surface area contributed by atoms with Crippen molar-refractivity contribution in [3.05, 3.63) is 11.7 Å². The maximum atomic E-state index is 13.1. The van der Waals surface area contributed by atoms with Gasteiger partial charge in [-0.3, -0.25) is 0 Å². The molecule has 0 saturated carbocycles. The smallest absolute Gasteiger partial charge is 0.221 e. The van der Waals surface area contributed by atoms with Crippen molar-refractivity contribution in [2.45, 2.75) is 30.1 Å². The fourth-order valence-electron chi connectivity index (χ4n) is 1.10. The van der Waals surface area contributed by atoms with Crippen molar-refractivity contribution in [2.24, 2.45) is 0 Å². The van der Waals surface area contributed by atoms with Gasteiger partial charge in [-0.05, 0) is 0 Å². The Balaban J connectivity index is 6.76. The number of alkyl halides is 12. The van der Waals surface area contributed by atoms with E-state index in [1.54, 1.807) is 0 Å². The molecule has 0 spiro atoms. The van der Waals surface area contributed by atoms with Crippen LogP contribution < -0.4 is 0 Å². The van der Waals surface area contributed by atoms with Gasteiger partial charge in [0.05, 0.1) is 0 Å². The lowest BCUT2D eigenvalue weighted by Gasteiger charge is -2.37. The number of hydrogen-bond donors (Lipinski definition) is 0. The van der Waals surface area contributed by atoms with Gasteiger partial charge in [0.15, 0.2) is 5.57 Å². The van der Waals surface area contributed by atoms with Gasteiger partial charge in [0, 0.05) is 0 Å². The molecule has 0 amide bonds. The first kappa shape index (κ1) is 19.8. The first-order valence-electron chi connectivity index (χ1n) is 4.15. The molecule has 0 fully saturated rings. The average molecular weight is 350 g/mol. The Morgan fingerprint density at radius 3 is 1.00 bits per heavy atom. The second kappa shape index (κ2) is 4.90. The van der Waals surface area contributed by atoms with Crippen molar-refractivity contribution < 1.29 is 61.5 Å². The summed E-state index contributed by atoms with van der Waals surface area (Å²) in [5, 5.41) is 0. The van der Waals surface area contributed by atoms with E-state index in [0.29, 0.717) is 0 Å². The summed E-state index contributed by atoms with van der Waals surface area (Å²) >= 11 is 0. The van der Waals surface area contributed by atoms with Gasteiger partial charge in [-0.2, -0.15) is 57.1 Å². The van der Waals surface area contributed by atoms with E-state index in [2.05, 4.69) is 0 Å². The molecule has 0 bridgehead atoms. The predicted octanol–water partition coefficient (Wildman–Crippen LogP) is 5.17. The van der Waals surface area contributed by atoms with Gasteiger partial charge in [-0.15, -0.1) is 0 Å². The van der Waals surface area contributed by atoms with Crippen LogP contribution in [0.1, 0.15) is 0 Å². The topological polar surface area (TPSA) is 0 Å². The third-order valence-corrected chi connectivity index (χ3v) is 2.00. The van der Waals surface area contributed by atoms with Gasteiger partial charge in [0.2, 0.25) is 0 Å². The monoisotopic (exact) mass is 350 g/mol. The highest BCUT2D eigenvalue weighted by Gasteiger charge is 2.86. The molecule has 0 aliphatic rings. The Morgan fingerprint density at radius 2 is 0.857 bits per heavy atom. The van der Waals surface area contributed by atoms with Crippen molar-refractivity contribution in [3.8, 4) is 0 Å². The molecule has 0 N–H and O–H groups in total. The van der Waals surface area contributed by atoms with Gasteiger partial charge in [-0.1, -0.05) is 0 Å². The predicted molar refractivity (Wildman–Crippen MR) is 36.2 cm³/mol. The van der Waals surface area contributed by atoms with E-state index < -0.39 is 41.8 Å². The molecule has 1 atom stereocenters. The molecular weight excluding hydrogens is 350 g/mol. The number of rotatable bonds is 2. The summed E-state index contributed by atoms with van der Waals surface area (Å²) in [6, 6.07) is 0. The highest BCUT2D eigenvalue weighted by molar-refractivity contribution is 5.31. The van der Waals surface area contributed by atoms with Gasteiger partial charge >= 0.3 is 30.1 Å². The zero-order valence-corrected chi connectivity index (χ0v) is 8.79. The Morgan fingerprint density at radius 1 is 0.524 bits per heavy atom. The van der Waals surface area contributed by atoms with Crippen molar-refractivity contribution in [3.63, 3.8) is 0 Å². The van der Waals surface area contributed by atoms with Crippen LogP contribution in [0.2, 0.25) is 0 Å². The van der Waals surface area contributed by atoms with Crippen LogP contribution >= 0.6 is 0 Å². The molecule has 14 heteroatoms. The molecule has 0 rings (SSSR count). The zero-order chi connectivity index (χ0) is 17.7. The Bertz CT molecular complexity index is 414. The standard InChI is InChI=1S/C7F14/c8-2(9)1(4(11,12)13)3(10,6(16,17)18)5(14,15)7(19,20)21. The second-order valence-corrected chi connectivity index (χ2v) is 3.36. The minimum Gasteiger partial charge on any atom is -0.221 e. The van der Waals surface area contributed by atoms with Crippen LogP contribution in [0.3, 0.4) is 0 Å². The molecular formula is C7F14. The van der Waals surface area contributed by atoms with E-state index in [-0.39, 0.29) is 0 Å². The molecule has 0 nitrogen and oxygen atoms in total. The third kappa shape index (κ3) is 3.02. The van der Waals surface area contributed by atoms with Crippen molar-refractivity contribution in [2.75, 3.05) is 0 Å². The molecule has 0 aromatic heterocycles. The Kier molecular flexibility index (Phi) is 4.61. The van der Waals surface area contributed by atoms with Crippen LogP contribution in [0.4, 0.5) is 61.5 Å². The first-order valence-corrected chi connectivity index (χ1v) is 4.15. The molecule has 21 heavy (non-hydrogen) atoms. The highest BCUT2D eigenvalue weighted by Crippen LogP contribution is 2.59. The van der Waals surface area contributed by atoms with Gasteiger partial charge < -0.3 is 0 Å². The fourth-order valence-corrected chi connectivity index (χ4v) is 1.10. The van der Waals surface area contributed by atoms with Crippen LogP contribution in [0, 0.1) is 0 Å². The fraction of sp³-hybridized carbons (Fsp3) is 0.714. The summed E-state index contributed by atoms with van der Waals surface area (Å²) in [4.78, 5) is 0. The summed E-state index contributed by atoms with van der Waals surface area (Å²) < 4.78 is 169. The Labute approximate surface area is 105 Å². The molecule has 0 aromatic carbocycles. The third-order valence-electron chi connectivity index (χ3n) is 2.00. The zero-order valence-electron chi connectivity index (χ0n) is 8.79. The lowest BCUT2D eigenvalue weighted by atomic mass is 9.87. The molecule has 0 saturated heterocycles. The van der Waals surface area contributed by atoms with Crippen LogP contribution in [0.5, 0.6) is 0 Å². The molecule has 0 radical (unpaired) electrons. The van der Waals surface area contributed by atoms with Crippen molar-refractivity contribution in [1.29, 1.82) is 0 Å². The lowest BCUT2D eigenvalue weighted by molar-refractivity contribution is -0.379. The van der Waals surface area contributed by atoms with Gasteiger partial charge in [0.1, 0.15) is 0 Å². The molecule has 0 aliphatic heterocycles. The van der Waals surface area contributed by atoms with Crippen LogP contribution in [0.15, 0.2) is 11.7 Å². The summed E-state index contributed by atoms with van der Waals surface area (Å²) in [6.45, 7) is 0. The van der Waals surface area contributed by atoms with E-state index in [1.807, 2.05) is 0 Å². The average Bonchev–Trinajstić information content (AvgIpc) is 2.09. The first-order chi connectivity index (χ1) is 8.82. The minimum absolute atomic E-state index is 4.72. The molecule has 0 aromatic rings. The number of allylic oxidation sites excluding steroid dienone is 1. The summed E-state index contributed by atoms with van der Waals surface area (Å²) in [6.07, 6.45) is -27.0. The summed E-state index contributed by atoms with van der Waals surface area (Å²) in [5.41, 5.74) is -12.7. The van der Waals surface area contributed by atoms with Gasteiger partial charge in [-0.25, -0.2) is 4.39 Å². The number of halogens is 14. The molecule has 1 unspecified atom stereocenters. The Hall–Kier alpha value is -1.24. The van der Waals surface area contributed by atoms with E-state index in [1.165, 1.54) is 0 Å². The SMILES string of the molecule is FC(F)=C(C(F)(F)F)C(F)(C(F)(F)F)C(F)(F)C(F)(F)F. The lowest BCUT2D eigenvalue weighted by Crippen LogP contribution is -2.65. The largest absolute Gasteiger partial charge is 0.457 e. The summed E-state index contributed by atoms with van der Waals surface area (Å²) in [7, 11) is 0. The highest BCUT2D eigenvalue weighted by atomic mass is 19.4. The molecule has 126 valence electrons. The summed E-state index contributed by atoms with van der Waals surface area (Å²) in [5.74, 6) is -7.81. The normalized spacial score (nSPS) is 17.4. The van der Waals surface area contributed by atoms with Crippen LogP contribution in [-0.2, 0) is 0 Å². The number of hydrogen-bond acceptors (Lipinski definition) is 0. The minimum atomic E-state index is -7.81. The van der Waals surface area contributed by atoms with E-state index in [0.717, 1.165) is 0 Å².